The Morgan fingerprint density at radius 2 is 1.75 bits per heavy atom. The molecule has 0 spiro atoms. The van der Waals surface area contributed by atoms with Gasteiger partial charge in [-0.2, -0.15) is 5.10 Å². The second-order valence-electron chi connectivity index (χ2n) is 7.31. The Morgan fingerprint density at radius 1 is 1.08 bits per heavy atom. The Morgan fingerprint density at radius 3 is 2.38 bits per heavy atom. The van der Waals surface area contributed by atoms with Crippen molar-refractivity contribution in [1.82, 2.24) is 19.7 Å². The van der Waals surface area contributed by atoms with Crippen LogP contribution in [0.2, 0.25) is 23.3 Å². The summed E-state index contributed by atoms with van der Waals surface area (Å²) < 4.78 is 8.06. The summed E-state index contributed by atoms with van der Waals surface area (Å²) in [4.78, 5) is 8.25. The molecule has 3 rings (SSSR count). The lowest BCUT2D eigenvalue weighted by atomic mass is 10.2. The van der Waals surface area contributed by atoms with Gasteiger partial charge in [-0.15, -0.1) is 0 Å². The lowest BCUT2D eigenvalue weighted by Crippen LogP contribution is -2.43. The van der Waals surface area contributed by atoms with E-state index in [9.17, 15) is 0 Å². The minimum atomic E-state index is -1.84. The van der Waals surface area contributed by atoms with Gasteiger partial charge in [-0.1, -0.05) is 32.4 Å². The largest absolute Gasteiger partial charge is 0.544 e. The van der Waals surface area contributed by atoms with Gasteiger partial charge in [-0.05, 0) is 42.4 Å². The van der Waals surface area contributed by atoms with Crippen molar-refractivity contribution in [1.29, 1.82) is 0 Å². The first-order valence-electron chi connectivity index (χ1n) is 7.83. The number of nitrogens with zero attached hydrogens (tertiary/aromatic N) is 4. The maximum atomic E-state index is 6.31. The van der Waals surface area contributed by atoms with Crippen LogP contribution < -0.4 is 4.43 Å². The molecular formula is C17H21ClN4OSi. The number of rotatable bonds is 3. The van der Waals surface area contributed by atoms with E-state index >= 15 is 0 Å². The Bertz CT molecular complexity index is 868. The molecule has 0 saturated heterocycles. The highest BCUT2D eigenvalue weighted by Crippen LogP contribution is 2.37. The third-order valence-corrected chi connectivity index (χ3v) is 9.24. The van der Waals surface area contributed by atoms with Crippen molar-refractivity contribution >= 4 is 31.0 Å². The molecule has 2 aromatic heterocycles. The van der Waals surface area contributed by atoms with Crippen LogP contribution in [0.25, 0.3) is 16.7 Å². The fraction of sp³-hybridized carbons (Fsp3) is 0.353. The van der Waals surface area contributed by atoms with Crippen LogP contribution in [0.15, 0.2) is 36.8 Å². The molecule has 0 radical (unpaired) electrons. The van der Waals surface area contributed by atoms with Gasteiger partial charge in [0.05, 0.1) is 17.3 Å². The van der Waals surface area contributed by atoms with E-state index in [1.807, 2.05) is 24.3 Å². The molecule has 24 heavy (non-hydrogen) atoms. The van der Waals surface area contributed by atoms with Crippen LogP contribution in [0.3, 0.4) is 0 Å². The zero-order valence-electron chi connectivity index (χ0n) is 14.5. The lowest BCUT2D eigenvalue weighted by molar-refractivity contribution is 0.492. The second kappa shape index (κ2) is 5.86. The van der Waals surface area contributed by atoms with Crippen LogP contribution >= 0.6 is 11.6 Å². The molecule has 3 aromatic rings. The Labute approximate surface area is 147 Å². The topological polar surface area (TPSA) is 52.8 Å². The first-order chi connectivity index (χ1) is 11.2. The molecule has 0 aliphatic heterocycles. The van der Waals surface area contributed by atoms with E-state index < -0.39 is 8.32 Å². The van der Waals surface area contributed by atoms with Crippen LogP contribution in [0, 0.1) is 0 Å². The summed E-state index contributed by atoms with van der Waals surface area (Å²) in [6.45, 7) is 11.2. The van der Waals surface area contributed by atoms with Gasteiger partial charge < -0.3 is 4.43 Å². The zero-order chi connectivity index (χ0) is 17.5. The summed E-state index contributed by atoms with van der Waals surface area (Å²) in [5.74, 6) is 0.884. The Balaban J connectivity index is 1.91. The number of hydrogen-bond donors (Lipinski definition) is 0. The van der Waals surface area contributed by atoms with E-state index in [2.05, 4.69) is 48.9 Å². The maximum Gasteiger partial charge on any atom is 0.250 e. The second-order valence-corrected chi connectivity index (χ2v) is 12.4. The monoisotopic (exact) mass is 360 g/mol. The number of benzene rings is 1. The summed E-state index contributed by atoms with van der Waals surface area (Å²) in [7, 11) is -1.84. The fourth-order valence-corrected chi connectivity index (χ4v) is 3.32. The normalized spacial score (nSPS) is 12.6. The van der Waals surface area contributed by atoms with E-state index in [1.165, 1.54) is 6.33 Å². The van der Waals surface area contributed by atoms with Crippen LogP contribution in [0.1, 0.15) is 20.8 Å². The molecule has 0 unspecified atom stereocenters. The van der Waals surface area contributed by atoms with Crippen molar-refractivity contribution < 1.29 is 4.43 Å². The smallest absolute Gasteiger partial charge is 0.250 e. The first kappa shape index (κ1) is 16.9. The molecule has 5 nitrogen and oxygen atoms in total. The van der Waals surface area contributed by atoms with Gasteiger partial charge in [0.2, 0.25) is 8.32 Å². The van der Waals surface area contributed by atoms with Gasteiger partial charge in [0.1, 0.15) is 17.2 Å². The van der Waals surface area contributed by atoms with E-state index in [0.717, 1.165) is 16.8 Å². The predicted molar refractivity (Wildman–Crippen MR) is 99.5 cm³/mol. The van der Waals surface area contributed by atoms with Crippen molar-refractivity contribution in [2.75, 3.05) is 0 Å². The molecule has 7 heteroatoms. The number of fused-ring (bicyclic) bond motifs is 1. The minimum absolute atomic E-state index is 0.164. The average molecular weight is 361 g/mol. The van der Waals surface area contributed by atoms with E-state index in [1.54, 1.807) is 10.9 Å². The van der Waals surface area contributed by atoms with Gasteiger partial charge in [-0.3, -0.25) is 0 Å². The lowest BCUT2D eigenvalue weighted by Gasteiger charge is -2.36. The molecule has 0 aliphatic rings. The summed E-state index contributed by atoms with van der Waals surface area (Å²) >= 11 is 6.08. The highest BCUT2D eigenvalue weighted by Gasteiger charge is 2.38. The van der Waals surface area contributed by atoms with Crippen LogP contribution in [0.4, 0.5) is 0 Å². The molecule has 0 bridgehead atoms. The maximum absolute atomic E-state index is 6.31. The fourth-order valence-electron chi connectivity index (χ4n) is 2.11. The molecule has 1 aromatic carbocycles. The molecule has 126 valence electrons. The molecule has 0 N–H and O–H groups in total. The van der Waals surface area contributed by atoms with Gasteiger partial charge in [0.15, 0.2) is 5.65 Å². The van der Waals surface area contributed by atoms with Crippen molar-refractivity contribution in [2.45, 2.75) is 38.9 Å². The van der Waals surface area contributed by atoms with Crippen molar-refractivity contribution in [3.63, 3.8) is 0 Å². The summed E-state index contributed by atoms with van der Waals surface area (Å²) in [5.41, 5.74) is 1.59. The third kappa shape index (κ3) is 3.03. The molecule has 0 amide bonds. The molecular weight excluding hydrogens is 340 g/mol. The van der Waals surface area contributed by atoms with Crippen LogP contribution in [0.5, 0.6) is 5.75 Å². The zero-order valence-corrected chi connectivity index (χ0v) is 16.3. The van der Waals surface area contributed by atoms with Crippen molar-refractivity contribution in [2.24, 2.45) is 0 Å². The first-order valence-corrected chi connectivity index (χ1v) is 11.1. The SMILES string of the molecule is CC(C)(C)[Si](C)(C)Oc1ccc(-n2ncc3c(Cl)ncnc32)cc1. The van der Waals surface area contributed by atoms with Crippen LogP contribution in [-0.2, 0) is 0 Å². The van der Waals surface area contributed by atoms with Crippen molar-refractivity contribution in [3.05, 3.63) is 41.9 Å². The molecule has 0 saturated carbocycles. The number of hydrogen-bond acceptors (Lipinski definition) is 4. The number of aromatic nitrogens is 4. The molecule has 0 fully saturated rings. The average Bonchev–Trinajstić information content (AvgIpc) is 2.92. The predicted octanol–water partition coefficient (Wildman–Crippen LogP) is 4.85. The molecule has 0 aliphatic carbocycles. The molecule has 2 heterocycles. The van der Waals surface area contributed by atoms with Gasteiger partial charge in [-0.25, -0.2) is 14.6 Å². The standard InChI is InChI=1S/C17H21ClN4OSi/c1-17(2,3)24(4,5)23-13-8-6-12(7-9-13)22-16-14(10-21-22)15(18)19-11-20-16/h6-11H,1-5H3. The van der Waals surface area contributed by atoms with Crippen molar-refractivity contribution in [3.8, 4) is 11.4 Å². The third-order valence-electron chi connectivity index (χ3n) is 4.58. The number of halogens is 1. The Kier molecular flexibility index (Phi) is 4.13. The molecule has 0 atom stereocenters. The summed E-state index contributed by atoms with van der Waals surface area (Å²) in [6, 6.07) is 7.91. The summed E-state index contributed by atoms with van der Waals surface area (Å²) in [6.07, 6.45) is 3.12. The van der Waals surface area contributed by atoms with Crippen LogP contribution in [-0.4, -0.2) is 28.1 Å². The summed E-state index contributed by atoms with van der Waals surface area (Å²) in [5, 5.41) is 5.68. The van der Waals surface area contributed by atoms with Gasteiger partial charge in [0.25, 0.3) is 0 Å². The van der Waals surface area contributed by atoms with Gasteiger partial charge in [0, 0.05) is 0 Å². The van der Waals surface area contributed by atoms with Gasteiger partial charge >= 0.3 is 0 Å². The minimum Gasteiger partial charge on any atom is -0.544 e. The highest BCUT2D eigenvalue weighted by atomic mass is 35.5. The highest BCUT2D eigenvalue weighted by molar-refractivity contribution is 6.74. The van der Waals surface area contributed by atoms with E-state index in [4.69, 9.17) is 16.0 Å². The Hall–Kier alpha value is -1.92. The van der Waals surface area contributed by atoms with E-state index in [0.29, 0.717) is 10.8 Å². The van der Waals surface area contributed by atoms with E-state index in [-0.39, 0.29) is 5.04 Å². The quantitative estimate of drug-likeness (QED) is 0.494.